The predicted molar refractivity (Wildman–Crippen MR) is 97.4 cm³/mol. The van der Waals surface area contributed by atoms with Crippen LogP contribution in [0.15, 0.2) is 54.6 Å². The molecule has 5 heteroatoms. The molecule has 0 spiro atoms. The molecule has 0 aliphatic carbocycles. The third kappa shape index (κ3) is 4.89. The first-order valence-corrected chi connectivity index (χ1v) is 8.54. The first-order chi connectivity index (χ1) is 12.3. The van der Waals surface area contributed by atoms with Crippen LogP contribution in [-0.2, 0) is 20.8 Å². The zero-order chi connectivity index (χ0) is 17.5. The second-order valence-corrected chi connectivity index (χ2v) is 6.10. The smallest absolute Gasteiger partial charge is 0.258 e. The van der Waals surface area contributed by atoms with E-state index >= 15 is 0 Å². The molecule has 1 heterocycles. The number of anilines is 1. The van der Waals surface area contributed by atoms with E-state index in [4.69, 9.17) is 9.47 Å². The maximum Gasteiger partial charge on any atom is 0.258 e. The van der Waals surface area contributed by atoms with E-state index in [1.54, 1.807) is 7.11 Å². The van der Waals surface area contributed by atoms with Crippen molar-refractivity contribution in [2.75, 3.05) is 38.7 Å². The lowest BCUT2D eigenvalue weighted by molar-refractivity contribution is -0.126. The maximum atomic E-state index is 12.6. The fourth-order valence-electron chi connectivity index (χ4n) is 3.00. The molecular formula is C20H24N2O3. The average molecular weight is 340 g/mol. The van der Waals surface area contributed by atoms with Crippen LogP contribution >= 0.6 is 0 Å². The Hall–Kier alpha value is -2.21. The summed E-state index contributed by atoms with van der Waals surface area (Å²) in [4.78, 5) is 14.9. The van der Waals surface area contributed by atoms with Crippen LogP contribution in [0.2, 0.25) is 0 Å². The number of carbonyl (C=O) groups excluding carboxylic acids is 1. The van der Waals surface area contributed by atoms with E-state index in [9.17, 15) is 4.79 Å². The quantitative estimate of drug-likeness (QED) is 0.878. The molecule has 0 aromatic heterocycles. The fourth-order valence-corrected chi connectivity index (χ4v) is 3.00. The Kier molecular flexibility index (Phi) is 6.17. The van der Waals surface area contributed by atoms with Crippen molar-refractivity contribution in [3.8, 4) is 0 Å². The van der Waals surface area contributed by atoms with Crippen LogP contribution in [0.5, 0.6) is 0 Å². The van der Waals surface area contributed by atoms with E-state index in [0.717, 1.165) is 44.1 Å². The average Bonchev–Trinajstić information content (AvgIpc) is 2.64. The number of benzene rings is 2. The van der Waals surface area contributed by atoms with Gasteiger partial charge in [-0.25, -0.2) is 0 Å². The third-order valence-corrected chi connectivity index (χ3v) is 4.28. The van der Waals surface area contributed by atoms with Gasteiger partial charge in [-0.05, 0) is 23.3 Å². The normalized spacial score (nSPS) is 16.4. The zero-order valence-corrected chi connectivity index (χ0v) is 14.5. The van der Waals surface area contributed by atoms with Crippen molar-refractivity contribution < 1.29 is 14.3 Å². The van der Waals surface area contributed by atoms with Gasteiger partial charge in [0, 0.05) is 32.4 Å². The van der Waals surface area contributed by atoms with Crippen molar-refractivity contribution in [1.29, 1.82) is 0 Å². The molecule has 0 saturated carbocycles. The second-order valence-electron chi connectivity index (χ2n) is 6.10. The lowest BCUT2D eigenvalue weighted by Crippen LogP contribution is -2.35. The van der Waals surface area contributed by atoms with Crippen molar-refractivity contribution in [1.82, 2.24) is 4.90 Å². The zero-order valence-electron chi connectivity index (χ0n) is 14.5. The second kappa shape index (κ2) is 8.76. The summed E-state index contributed by atoms with van der Waals surface area (Å²) in [5, 5.41) is 2.96. The molecular weight excluding hydrogens is 316 g/mol. The Morgan fingerprint density at radius 2 is 1.92 bits per heavy atom. The van der Waals surface area contributed by atoms with Crippen LogP contribution in [0, 0.1) is 0 Å². The number of nitrogens with zero attached hydrogens (tertiary/aromatic N) is 1. The molecule has 5 nitrogen and oxygen atoms in total. The molecule has 1 amide bonds. The Bertz CT molecular complexity index is 684. The van der Waals surface area contributed by atoms with Crippen molar-refractivity contribution in [2.45, 2.75) is 12.6 Å². The van der Waals surface area contributed by atoms with E-state index < -0.39 is 6.10 Å². The van der Waals surface area contributed by atoms with E-state index in [-0.39, 0.29) is 5.91 Å². The van der Waals surface area contributed by atoms with Gasteiger partial charge in [0.05, 0.1) is 13.2 Å². The van der Waals surface area contributed by atoms with Gasteiger partial charge in [-0.2, -0.15) is 0 Å². The molecule has 1 saturated heterocycles. The summed E-state index contributed by atoms with van der Waals surface area (Å²) in [6, 6.07) is 17.5. The standard InChI is InChI=1S/C20H24N2O3/c1-24-19(17-7-3-2-4-8-17)20(23)21-18-9-5-6-16(14-18)15-22-10-12-25-13-11-22/h2-9,14,19H,10-13,15H2,1H3,(H,21,23)/t19-/m1/s1. The SMILES string of the molecule is CO[C@@H](C(=O)Nc1cccc(CN2CCOCC2)c1)c1ccccc1. The summed E-state index contributed by atoms with van der Waals surface area (Å²) in [5.74, 6) is -0.169. The number of carbonyl (C=O) groups is 1. The van der Waals surface area contributed by atoms with Crippen LogP contribution in [-0.4, -0.2) is 44.2 Å². The number of ether oxygens (including phenoxy) is 2. The van der Waals surface area contributed by atoms with Crippen LogP contribution in [0.4, 0.5) is 5.69 Å². The van der Waals surface area contributed by atoms with Crippen molar-refractivity contribution in [3.63, 3.8) is 0 Å². The highest BCUT2D eigenvalue weighted by atomic mass is 16.5. The van der Waals surface area contributed by atoms with Gasteiger partial charge >= 0.3 is 0 Å². The maximum absolute atomic E-state index is 12.6. The van der Waals surface area contributed by atoms with Crippen molar-refractivity contribution in [2.24, 2.45) is 0 Å². The number of hydrogen-bond donors (Lipinski definition) is 1. The molecule has 132 valence electrons. The number of amides is 1. The van der Waals surface area contributed by atoms with Crippen LogP contribution in [0.25, 0.3) is 0 Å². The van der Waals surface area contributed by atoms with Crippen molar-refractivity contribution in [3.05, 3.63) is 65.7 Å². The summed E-state index contributed by atoms with van der Waals surface area (Å²) in [6.45, 7) is 4.30. The van der Waals surface area contributed by atoms with Gasteiger partial charge in [0.1, 0.15) is 0 Å². The summed E-state index contributed by atoms with van der Waals surface area (Å²) in [7, 11) is 1.55. The summed E-state index contributed by atoms with van der Waals surface area (Å²) in [6.07, 6.45) is -0.621. The molecule has 2 aromatic rings. The fraction of sp³-hybridized carbons (Fsp3) is 0.350. The highest BCUT2D eigenvalue weighted by Gasteiger charge is 2.20. The first-order valence-electron chi connectivity index (χ1n) is 8.54. The largest absolute Gasteiger partial charge is 0.379 e. The molecule has 1 N–H and O–H groups in total. The lowest BCUT2D eigenvalue weighted by Gasteiger charge is -2.26. The van der Waals surface area contributed by atoms with Gasteiger partial charge in [0.25, 0.3) is 5.91 Å². The van der Waals surface area contributed by atoms with Crippen LogP contribution < -0.4 is 5.32 Å². The van der Waals surface area contributed by atoms with Gasteiger partial charge in [0.15, 0.2) is 6.10 Å². The number of nitrogens with one attached hydrogen (secondary N) is 1. The Labute approximate surface area is 148 Å². The van der Waals surface area contributed by atoms with Crippen LogP contribution in [0.3, 0.4) is 0 Å². The summed E-state index contributed by atoms with van der Waals surface area (Å²) < 4.78 is 10.8. The van der Waals surface area contributed by atoms with Crippen LogP contribution in [0.1, 0.15) is 17.2 Å². The summed E-state index contributed by atoms with van der Waals surface area (Å²) in [5.41, 5.74) is 2.80. The first kappa shape index (κ1) is 17.6. The topological polar surface area (TPSA) is 50.8 Å². The van der Waals surface area contributed by atoms with E-state index in [1.807, 2.05) is 48.5 Å². The molecule has 1 atom stereocenters. The van der Waals surface area contributed by atoms with E-state index in [2.05, 4.69) is 16.3 Å². The molecule has 3 rings (SSSR count). The Morgan fingerprint density at radius 1 is 1.16 bits per heavy atom. The van der Waals surface area contributed by atoms with Gasteiger partial charge in [-0.15, -0.1) is 0 Å². The van der Waals surface area contributed by atoms with E-state index in [1.165, 1.54) is 5.56 Å². The number of methoxy groups -OCH3 is 1. The molecule has 0 radical (unpaired) electrons. The van der Waals surface area contributed by atoms with Gasteiger partial charge < -0.3 is 14.8 Å². The van der Waals surface area contributed by atoms with E-state index in [0.29, 0.717) is 0 Å². The minimum absolute atomic E-state index is 0.169. The number of rotatable bonds is 6. The Balaban J connectivity index is 1.65. The lowest BCUT2D eigenvalue weighted by atomic mass is 10.1. The highest BCUT2D eigenvalue weighted by molar-refractivity contribution is 5.94. The number of morpholine rings is 1. The molecule has 1 aliphatic rings. The minimum atomic E-state index is -0.621. The Morgan fingerprint density at radius 3 is 2.64 bits per heavy atom. The molecule has 1 aliphatic heterocycles. The summed E-state index contributed by atoms with van der Waals surface area (Å²) >= 11 is 0. The molecule has 1 fully saturated rings. The highest BCUT2D eigenvalue weighted by Crippen LogP contribution is 2.20. The minimum Gasteiger partial charge on any atom is -0.379 e. The van der Waals surface area contributed by atoms with Gasteiger partial charge in [-0.1, -0.05) is 42.5 Å². The van der Waals surface area contributed by atoms with Crippen molar-refractivity contribution >= 4 is 11.6 Å². The molecule has 25 heavy (non-hydrogen) atoms. The van der Waals surface area contributed by atoms with Gasteiger partial charge in [-0.3, -0.25) is 9.69 Å². The van der Waals surface area contributed by atoms with Gasteiger partial charge in [0.2, 0.25) is 0 Å². The molecule has 0 bridgehead atoms. The monoisotopic (exact) mass is 340 g/mol. The molecule has 2 aromatic carbocycles. The predicted octanol–water partition coefficient (Wildman–Crippen LogP) is 2.85. The molecule has 0 unspecified atom stereocenters. The third-order valence-electron chi connectivity index (χ3n) is 4.28. The number of hydrogen-bond acceptors (Lipinski definition) is 4.